The van der Waals surface area contributed by atoms with Gasteiger partial charge >= 0.3 is 6.09 Å². The molecular weight excluding hydrogens is 304 g/mol. The number of piperazine rings is 1. The predicted octanol–water partition coefficient (Wildman–Crippen LogP) is 2.66. The number of nitrogens with zero attached hydrogens (tertiary/aromatic N) is 4. The highest BCUT2D eigenvalue weighted by Crippen LogP contribution is 2.20. The molecule has 0 saturated carbocycles. The molecule has 1 fully saturated rings. The Kier molecular flexibility index (Phi) is 4.77. The number of carbonyl (C=O) groups is 1. The Labute approximate surface area is 135 Å². The lowest BCUT2D eigenvalue weighted by Crippen LogP contribution is -2.50. The Morgan fingerprint density at radius 1 is 1.32 bits per heavy atom. The highest BCUT2D eigenvalue weighted by molar-refractivity contribution is 6.29. The predicted molar refractivity (Wildman–Crippen MR) is 84.0 cm³/mol. The third-order valence-corrected chi connectivity index (χ3v) is 3.36. The number of rotatable bonds is 1. The van der Waals surface area contributed by atoms with Crippen LogP contribution in [0.2, 0.25) is 5.15 Å². The van der Waals surface area contributed by atoms with Crippen molar-refractivity contribution < 1.29 is 9.53 Å². The average Bonchev–Trinajstić information content (AvgIpc) is 2.45. The van der Waals surface area contributed by atoms with Gasteiger partial charge in [0.25, 0.3) is 0 Å². The zero-order valence-electron chi connectivity index (χ0n) is 13.0. The summed E-state index contributed by atoms with van der Waals surface area (Å²) in [6.07, 6.45) is -0.302. The van der Waals surface area contributed by atoms with Gasteiger partial charge in [-0.1, -0.05) is 11.6 Å². The van der Waals surface area contributed by atoms with Gasteiger partial charge in [0.05, 0.1) is 11.6 Å². The zero-order valence-corrected chi connectivity index (χ0v) is 13.7. The van der Waals surface area contributed by atoms with Crippen molar-refractivity contribution in [3.05, 3.63) is 22.8 Å². The van der Waals surface area contributed by atoms with Crippen LogP contribution in [0.15, 0.2) is 12.1 Å². The molecule has 1 aliphatic rings. The van der Waals surface area contributed by atoms with E-state index >= 15 is 0 Å². The molecule has 0 atom stereocenters. The minimum absolute atomic E-state index is 0.295. The summed E-state index contributed by atoms with van der Waals surface area (Å²) in [6.45, 7) is 7.88. The van der Waals surface area contributed by atoms with Crippen molar-refractivity contribution in [3.63, 3.8) is 0 Å². The molecule has 6 nitrogen and oxygen atoms in total. The number of pyridine rings is 1. The van der Waals surface area contributed by atoms with Gasteiger partial charge in [-0.05, 0) is 32.9 Å². The lowest BCUT2D eigenvalue weighted by Gasteiger charge is -2.36. The Bertz CT molecular complexity index is 599. The summed E-state index contributed by atoms with van der Waals surface area (Å²) in [7, 11) is 0. The van der Waals surface area contributed by atoms with Gasteiger partial charge in [-0.25, -0.2) is 9.78 Å². The van der Waals surface area contributed by atoms with Crippen molar-refractivity contribution in [2.75, 3.05) is 31.1 Å². The van der Waals surface area contributed by atoms with Gasteiger partial charge in [-0.2, -0.15) is 5.26 Å². The molecule has 1 aromatic heterocycles. The summed E-state index contributed by atoms with van der Waals surface area (Å²) < 4.78 is 5.36. The Balaban J connectivity index is 1.99. The molecule has 0 radical (unpaired) electrons. The normalized spacial score (nSPS) is 15.4. The van der Waals surface area contributed by atoms with E-state index in [1.54, 1.807) is 11.0 Å². The average molecular weight is 323 g/mol. The van der Waals surface area contributed by atoms with Crippen LogP contribution in [0.3, 0.4) is 0 Å². The van der Waals surface area contributed by atoms with Crippen LogP contribution in [-0.4, -0.2) is 47.8 Å². The van der Waals surface area contributed by atoms with Gasteiger partial charge in [-0.3, -0.25) is 0 Å². The molecule has 7 heteroatoms. The highest BCUT2D eigenvalue weighted by atomic mass is 35.5. The highest BCUT2D eigenvalue weighted by Gasteiger charge is 2.26. The summed E-state index contributed by atoms with van der Waals surface area (Å²) in [6, 6.07) is 5.30. The second kappa shape index (κ2) is 6.41. The van der Waals surface area contributed by atoms with E-state index in [0.29, 0.717) is 42.7 Å². The SMILES string of the molecule is CC(C)(C)OC(=O)N1CCN(c2cc(C#N)cc(Cl)n2)CC1. The molecule has 1 amide bonds. The van der Waals surface area contributed by atoms with Gasteiger partial charge in [0.1, 0.15) is 16.6 Å². The summed E-state index contributed by atoms with van der Waals surface area (Å²) in [5.74, 6) is 0.660. The molecule has 1 aliphatic heterocycles. The lowest BCUT2D eigenvalue weighted by atomic mass is 10.2. The molecule has 0 N–H and O–H groups in total. The van der Waals surface area contributed by atoms with Gasteiger partial charge in [0.15, 0.2) is 0 Å². The van der Waals surface area contributed by atoms with E-state index in [2.05, 4.69) is 11.1 Å². The summed E-state index contributed by atoms with van der Waals surface area (Å²) in [5.41, 5.74) is -0.0192. The molecule has 0 aromatic carbocycles. The fraction of sp³-hybridized carbons (Fsp3) is 0.533. The number of nitriles is 1. The molecule has 1 aromatic rings. The fourth-order valence-corrected chi connectivity index (χ4v) is 2.36. The van der Waals surface area contributed by atoms with Crippen molar-refractivity contribution in [1.82, 2.24) is 9.88 Å². The van der Waals surface area contributed by atoms with Gasteiger partial charge in [-0.15, -0.1) is 0 Å². The molecule has 2 heterocycles. The van der Waals surface area contributed by atoms with E-state index in [0.717, 1.165) is 0 Å². The number of hydrogen-bond acceptors (Lipinski definition) is 5. The van der Waals surface area contributed by atoms with E-state index < -0.39 is 5.60 Å². The minimum Gasteiger partial charge on any atom is -0.444 e. The van der Waals surface area contributed by atoms with E-state index in [1.165, 1.54) is 6.07 Å². The zero-order chi connectivity index (χ0) is 16.3. The van der Waals surface area contributed by atoms with Crippen LogP contribution in [0.4, 0.5) is 10.6 Å². The van der Waals surface area contributed by atoms with Gasteiger partial charge in [0.2, 0.25) is 0 Å². The molecular formula is C15H19ClN4O2. The number of amides is 1. The van der Waals surface area contributed by atoms with Crippen LogP contribution in [0.5, 0.6) is 0 Å². The number of aromatic nitrogens is 1. The van der Waals surface area contributed by atoms with Crippen LogP contribution >= 0.6 is 11.6 Å². The number of hydrogen-bond donors (Lipinski definition) is 0. The van der Waals surface area contributed by atoms with E-state index in [4.69, 9.17) is 21.6 Å². The van der Waals surface area contributed by atoms with Crippen molar-refractivity contribution in [2.24, 2.45) is 0 Å². The summed E-state index contributed by atoms with van der Waals surface area (Å²) in [5, 5.41) is 9.28. The number of carbonyl (C=O) groups excluding carboxylic acids is 1. The maximum atomic E-state index is 12.0. The molecule has 22 heavy (non-hydrogen) atoms. The first kappa shape index (κ1) is 16.4. The number of ether oxygens (including phenoxy) is 1. The van der Waals surface area contributed by atoms with E-state index in [1.807, 2.05) is 25.7 Å². The molecule has 0 aliphatic carbocycles. The van der Waals surface area contributed by atoms with Crippen LogP contribution < -0.4 is 4.90 Å². The number of halogens is 1. The monoisotopic (exact) mass is 322 g/mol. The summed E-state index contributed by atoms with van der Waals surface area (Å²) >= 11 is 5.93. The lowest BCUT2D eigenvalue weighted by molar-refractivity contribution is 0.0240. The topological polar surface area (TPSA) is 69.5 Å². The third-order valence-electron chi connectivity index (χ3n) is 3.17. The van der Waals surface area contributed by atoms with Gasteiger partial charge in [0, 0.05) is 26.2 Å². The van der Waals surface area contributed by atoms with E-state index in [9.17, 15) is 4.79 Å². The van der Waals surface area contributed by atoms with Crippen LogP contribution in [0.1, 0.15) is 26.3 Å². The smallest absolute Gasteiger partial charge is 0.410 e. The largest absolute Gasteiger partial charge is 0.444 e. The fourth-order valence-electron chi connectivity index (χ4n) is 2.15. The maximum absolute atomic E-state index is 12.0. The van der Waals surface area contributed by atoms with Crippen LogP contribution in [0.25, 0.3) is 0 Å². The second-order valence-corrected chi connectivity index (χ2v) is 6.49. The molecule has 0 bridgehead atoms. The Morgan fingerprint density at radius 3 is 2.50 bits per heavy atom. The van der Waals surface area contributed by atoms with Crippen molar-refractivity contribution in [1.29, 1.82) is 5.26 Å². The maximum Gasteiger partial charge on any atom is 0.410 e. The third kappa shape index (κ3) is 4.25. The second-order valence-electron chi connectivity index (χ2n) is 6.10. The van der Waals surface area contributed by atoms with Crippen molar-refractivity contribution in [3.8, 4) is 6.07 Å². The molecule has 118 valence electrons. The molecule has 1 saturated heterocycles. The first-order valence-electron chi connectivity index (χ1n) is 7.09. The van der Waals surface area contributed by atoms with Crippen LogP contribution in [0, 0.1) is 11.3 Å². The van der Waals surface area contributed by atoms with Crippen molar-refractivity contribution >= 4 is 23.5 Å². The number of anilines is 1. The van der Waals surface area contributed by atoms with Crippen LogP contribution in [-0.2, 0) is 4.74 Å². The first-order valence-corrected chi connectivity index (χ1v) is 7.47. The summed E-state index contributed by atoms with van der Waals surface area (Å²) in [4.78, 5) is 19.9. The molecule has 2 rings (SSSR count). The van der Waals surface area contributed by atoms with Crippen molar-refractivity contribution in [2.45, 2.75) is 26.4 Å². The first-order chi connectivity index (χ1) is 10.3. The Morgan fingerprint density at radius 2 is 1.95 bits per heavy atom. The molecule has 0 unspecified atom stereocenters. The Hall–Kier alpha value is -2.00. The minimum atomic E-state index is -0.496. The molecule has 0 spiro atoms. The standard InChI is InChI=1S/C15H19ClN4O2/c1-15(2,3)22-14(21)20-6-4-19(5-7-20)13-9-11(10-17)8-12(16)18-13/h8-9H,4-7H2,1-3H3. The van der Waals surface area contributed by atoms with Gasteiger partial charge < -0.3 is 14.5 Å². The van der Waals surface area contributed by atoms with E-state index in [-0.39, 0.29) is 6.09 Å². The quantitative estimate of drug-likeness (QED) is 0.743.